The number of hydrogen-bond acceptors (Lipinski definition) is 7. The summed E-state index contributed by atoms with van der Waals surface area (Å²) in [6, 6.07) is 11.3. The predicted octanol–water partition coefficient (Wildman–Crippen LogP) is 4.37. The number of carbonyl (C=O) groups is 1. The summed E-state index contributed by atoms with van der Waals surface area (Å²) in [4.78, 5) is 12.0. The fourth-order valence-electron chi connectivity index (χ4n) is 2.91. The minimum atomic E-state index is -0.316. The number of aryl methyl sites for hydroxylation is 2. The van der Waals surface area contributed by atoms with Crippen molar-refractivity contribution in [1.82, 2.24) is 10.3 Å². The zero-order valence-corrected chi connectivity index (χ0v) is 15.0. The van der Waals surface area contributed by atoms with Crippen LogP contribution in [0.25, 0.3) is 22.5 Å². The van der Waals surface area contributed by atoms with Gasteiger partial charge >= 0.3 is 5.97 Å². The summed E-state index contributed by atoms with van der Waals surface area (Å²) in [6.07, 6.45) is 0.778. The number of furan rings is 1. The first-order chi connectivity index (χ1) is 13.1. The Labute approximate surface area is 154 Å². The maximum absolute atomic E-state index is 12.0. The minimum Gasteiger partial charge on any atom is -0.459 e. The number of para-hydroxylation sites is 1. The molecule has 0 aliphatic carbocycles. The molecule has 0 fully saturated rings. The van der Waals surface area contributed by atoms with Crippen molar-refractivity contribution in [3.05, 3.63) is 59.1 Å². The lowest BCUT2D eigenvalue weighted by Gasteiger charge is -2.02. The molecule has 138 valence electrons. The number of ether oxygens (including phenoxy) is 1. The lowest BCUT2D eigenvalue weighted by Crippen LogP contribution is -2.06. The third kappa shape index (κ3) is 3.62. The average Bonchev–Trinajstić information content (AvgIpc) is 3.37. The average molecular weight is 366 g/mol. The Bertz CT molecular complexity index is 1040. The maximum Gasteiger partial charge on any atom is 0.306 e. The number of carbonyl (C=O) groups excluding carboxylic acids is 1. The smallest absolute Gasteiger partial charge is 0.306 e. The lowest BCUT2D eigenvalue weighted by molar-refractivity contribution is -0.145. The van der Waals surface area contributed by atoms with Crippen LogP contribution in [0.4, 0.5) is 0 Å². The number of fused-ring (bicyclic) bond motifs is 1. The van der Waals surface area contributed by atoms with E-state index in [0.717, 1.165) is 28.0 Å². The van der Waals surface area contributed by atoms with Crippen molar-refractivity contribution in [3.63, 3.8) is 0 Å². The first-order valence-corrected chi connectivity index (χ1v) is 8.62. The lowest BCUT2D eigenvalue weighted by atomic mass is 10.1. The molecule has 0 spiro atoms. The molecule has 7 nitrogen and oxygen atoms in total. The van der Waals surface area contributed by atoms with Gasteiger partial charge in [-0.1, -0.05) is 28.5 Å². The van der Waals surface area contributed by atoms with Gasteiger partial charge in [-0.3, -0.25) is 4.79 Å². The molecule has 3 heterocycles. The first kappa shape index (κ1) is 17.1. The summed E-state index contributed by atoms with van der Waals surface area (Å²) in [5, 5.41) is 8.79. The van der Waals surface area contributed by atoms with Crippen LogP contribution in [0.5, 0.6) is 0 Å². The molecule has 0 saturated carbocycles. The van der Waals surface area contributed by atoms with Crippen LogP contribution in [-0.2, 0) is 22.6 Å². The summed E-state index contributed by atoms with van der Waals surface area (Å²) in [5.41, 5.74) is 3.04. The van der Waals surface area contributed by atoms with Gasteiger partial charge < -0.3 is 18.2 Å². The van der Waals surface area contributed by atoms with E-state index in [2.05, 4.69) is 10.3 Å². The Morgan fingerprint density at radius 2 is 1.93 bits per heavy atom. The molecule has 4 rings (SSSR count). The van der Waals surface area contributed by atoms with Crippen molar-refractivity contribution in [2.45, 2.75) is 33.3 Å². The fourth-order valence-corrected chi connectivity index (χ4v) is 2.91. The molecule has 1 aromatic carbocycles. The van der Waals surface area contributed by atoms with Crippen LogP contribution < -0.4 is 0 Å². The van der Waals surface area contributed by atoms with Gasteiger partial charge in [-0.05, 0) is 32.4 Å². The van der Waals surface area contributed by atoms with Gasteiger partial charge in [-0.25, -0.2) is 0 Å². The molecular weight excluding hydrogens is 348 g/mol. The van der Waals surface area contributed by atoms with Gasteiger partial charge in [-0.15, -0.1) is 0 Å². The van der Waals surface area contributed by atoms with Crippen molar-refractivity contribution in [2.24, 2.45) is 0 Å². The van der Waals surface area contributed by atoms with Crippen molar-refractivity contribution < 1.29 is 23.0 Å². The zero-order valence-electron chi connectivity index (χ0n) is 15.0. The molecule has 0 bridgehead atoms. The van der Waals surface area contributed by atoms with Crippen LogP contribution in [0.1, 0.15) is 29.1 Å². The summed E-state index contributed by atoms with van der Waals surface area (Å²) in [7, 11) is 0. The number of nitrogens with zero attached hydrogens (tertiary/aromatic N) is 2. The minimum absolute atomic E-state index is 0.0458. The van der Waals surface area contributed by atoms with Crippen molar-refractivity contribution in [2.75, 3.05) is 0 Å². The Morgan fingerprint density at radius 1 is 1.07 bits per heavy atom. The molecule has 7 heteroatoms. The number of hydrogen-bond donors (Lipinski definition) is 0. The number of rotatable bonds is 6. The molecule has 0 aliphatic heterocycles. The number of benzene rings is 1. The Kier molecular flexibility index (Phi) is 4.50. The van der Waals surface area contributed by atoms with E-state index in [0.29, 0.717) is 23.6 Å². The van der Waals surface area contributed by atoms with Gasteiger partial charge in [0.25, 0.3) is 0 Å². The van der Waals surface area contributed by atoms with Crippen LogP contribution in [0.15, 0.2) is 49.9 Å². The van der Waals surface area contributed by atoms with Gasteiger partial charge in [0.15, 0.2) is 5.76 Å². The SMILES string of the molecule is Cc1noc(C)c1CCC(=O)OCc1cc(-c2cc3ccccc3o2)on1. The van der Waals surface area contributed by atoms with E-state index in [-0.39, 0.29) is 19.0 Å². The van der Waals surface area contributed by atoms with Crippen LogP contribution in [0.2, 0.25) is 0 Å². The second kappa shape index (κ2) is 7.11. The maximum atomic E-state index is 12.0. The van der Waals surface area contributed by atoms with Crippen LogP contribution >= 0.6 is 0 Å². The molecule has 4 aromatic rings. The monoisotopic (exact) mass is 366 g/mol. The van der Waals surface area contributed by atoms with Crippen LogP contribution in [-0.4, -0.2) is 16.3 Å². The third-order valence-electron chi connectivity index (χ3n) is 4.37. The Balaban J connectivity index is 1.34. The topological polar surface area (TPSA) is 91.5 Å². The summed E-state index contributed by atoms with van der Waals surface area (Å²) < 4.78 is 21.4. The Hall–Kier alpha value is -3.35. The molecule has 0 atom stereocenters. The summed E-state index contributed by atoms with van der Waals surface area (Å²) in [6.45, 7) is 3.73. The first-order valence-electron chi connectivity index (χ1n) is 8.62. The van der Waals surface area contributed by atoms with Gasteiger partial charge in [0.05, 0.1) is 5.69 Å². The molecule has 0 amide bonds. The fraction of sp³-hybridized carbons (Fsp3) is 0.250. The van der Waals surface area contributed by atoms with E-state index in [1.165, 1.54) is 0 Å². The van der Waals surface area contributed by atoms with Crippen LogP contribution in [0, 0.1) is 13.8 Å². The molecule has 0 aliphatic rings. The molecule has 0 radical (unpaired) electrons. The summed E-state index contributed by atoms with van der Waals surface area (Å²) >= 11 is 0. The van der Waals surface area contributed by atoms with Gasteiger partial charge in [0.2, 0.25) is 5.76 Å². The zero-order chi connectivity index (χ0) is 18.8. The van der Waals surface area contributed by atoms with E-state index in [9.17, 15) is 4.79 Å². The van der Waals surface area contributed by atoms with Crippen molar-refractivity contribution in [1.29, 1.82) is 0 Å². The summed E-state index contributed by atoms with van der Waals surface area (Å²) in [5.74, 6) is 1.49. The number of esters is 1. The molecule has 0 unspecified atom stereocenters. The highest BCUT2D eigenvalue weighted by Gasteiger charge is 2.15. The van der Waals surface area contributed by atoms with Crippen molar-refractivity contribution in [3.8, 4) is 11.5 Å². The third-order valence-corrected chi connectivity index (χ3v) is 4.37. The van der Waals surface area contributed by atoms with Crippen molar-refractivity contribution >= 4 is 16.9 Å². The normalized spacial score (nSPS) is 11.2. The molecule has 27 heavy (non-hydrogen) atoms. The van der Waals surface area contributed by atoms with Crippen LogP contribution in [0.3, 0.4) is 0 Å². The van der Waals surface area contributed by atoms with Gasteiger partial charge in [0.1, 0.15) is 23.6 Å². The molecule has 0 saturated heterocycles. The standard InChI is InChI=1S/C20H18N2O5/c1-12-16(13(2)26-21-12)7-8-20(23)24-11-15-10-19(27-22-15)18-9-14-5-3-4-6-17(14)25-18/h3-6,9-10H,7-8,11H2,1-2H3. The van der Waals surface area contributed by atoms with E-state index >= 15 is 0 Å². The number of aromatic nitrogens is 2. The van der Waals surface area contributed by atoms with Gasteiger partial charge in [-0.2, -0.15) is 0 Å². The predicted molar refractivity (Wildman–Crippen MR) is 95.8 cm³/mol. The quantitative estimate of drug-likeness (QED) is 0.468. The molecule has 0 N–H and O–H groups in total. The highest BCUT2D eigenvalue weighted by Crippen LogP contribution is 2.28. The van der Waals surface area contributed by atoms with E-state index < -0.39 is 0 Å². The van der Waals surface area contributed by atoms with E-state index in [1.807, 2.05) is 44.2 Å². The van der Waals surface area contributed by atoms with E-state index in [1.54, 1.807) is 6.07 Å². The highest BCUT2D eigenvalue weighted by molar-refractivity contribution is 5.81. The second-order valence-electron chi connectivity index (χ2n) is 6.29. The largest absolute Gasteiger partial charge is 0.459 e. The highest BCUT2D eigenvalue weighted by atomic mass is 16.5. The van der Waals surface area contributed by atoms with E-state index in [4.69, 9.17) is 18.2 Å². The molecule has 3 aromatic heterocycles. The Morgan fingerprint density at radius 3 is 2.70 bits per heavy atom. The molecular formula is C20H18N2O5. The second-order valence-corrected chi connectivity index (χ2v) is 6.29. The van der Waals surface area contributed by atoms with Gasteiger partial charge in [0, 0.05) is 23.4 Å².